The van der Waals surface area contributed by atoms with Crippen molar-refractivity contribution in [1.82, 2.24) is 9.97 Å². The lowest BCUT2D eigenvalue weighted by molar-refractivity contribution is -0.115. The zero-order valence-corrected chi connectivity index (χ0v) is 15.6. The quantitative estimate of drug-likeness (QED) is 0.511. The Morgan fingerprint density at radius 2 is 1.79 bits per heavy atom. The topological polar surface area (TPSA) is 54.9 Å². The van der Waals surface area contributed by atoms with Crippen LogP contribution >= 0.6 is 11.3 Å². The van der Waals surface area contributed by atoms with E-state index < -0.39 is 0 Å². The average Bonchev–Trinajstić information content (AvgIpc) is 3.19. The summed E-state index contributed by atoms with van der Waals surface area (Å²) in [6.07, 6.45) is 3.58. The highest BCUT2D eigenvalue weighted by atomic mass is 32.1. The summed E-state index contributed by atoms with van der Waals surface area (Å²) in [6, 6.07) is 17.7. The highest BCUT2D eigenvalue weighted by Crippen LogP contribution is 2.33. The van der Waals surface area contributed by atoms with Crippen molar-refractivity contribution in [2.45, 2.75) is 6.42 Å². The molecule has 0 bridgehead atoms. The third-order valence-corrected chi connectivity index (χ3v) is 5.05. The Labute approximate surface area is 165 Å². The lowest BCUT2D eigenvalue weighted by Gasteiger charge is -2.09. The molecule has 0 saturated heterocycles. The van der Waals surface area contributed by atoms with Gasteiger partial charge >= 0.3 is 0 Å². The monoisotopic (exact) mass is 389 g/mol. The Hall–Kier alpha value is -3.38. The van der Waals surface area contributed by atoms with E-state index in [0.29, 0.717) is 22.0 Å². The predicted octanol–water partition coefficient (Wildman–Crippen LogP) is 5.19. The number of para-hydroxylation sites is 1. The van der Waals surface area contributed by atoms with Gasteiger partial charge in [-0.05, 0) is 29.8 Å². The number of nitrogens with zero attached hydrogens (tertiary/aromatic N) is 2. The van der Waals surface area contributed by atoms with Crippen molar-refractivity contribution in [3.63, 3.8) is 0 Å². The summed E-state index contributed by atoms with van der Waals surface area (Å²) in [5.41, 5.74) is 3.47. The van der Waals surface area contributed by atoms with Gasteiger partial charge in [0.1, 0.15) is 10.8 Å². The molecule has 0 atom stereocenters. The molecule has 0 fully saturated rings. The van der Waals surface area contributed by atoms with Crippen LogP contribution in [0.1, 0.15) is 5.56 Å². The summed E-state index contributed by atoms with van der Waals surface area (Å²) in [4.78, 5) is 21.0. The van der Waals surface area contributed by atoms with Crippen LogP contribution in [-0.4, -0.2) is 15.9 Å². The summed E-state index contributed by atoms with van der Waals surface area (Å²) in [6.45, 7) is 0. The summed E-state index contributed by atoms with van der Waals surface area (Å²) in [7, 11) is 0. The van der Waals surface area contributed by atoms with Crippen LogP contribution in [0.3, 0.4) is 0 Å². The van der Waals surface area contributed by atoms with Crippen LogP contribution in [0.2, 0.25) is 0 Å². The van der Waals surface area contributed by atoms with E-state index in [1.165, 1.54) is 17.4 Å². The molecule has 2 aromatic carbocycles. The van der Waals surface area contributed by atoms with Crippen molar-refractivity contribution in [3.05, 3.63) is 89.8 Å². The normalized spacial score (nSPS) is 10.6. The Bertz CT molecular complexity index is 1110. The van der Waals surface area contributed by atoms with Gasteiger partial charge in [0.25, 0.3) is 0 Å². The van der Waals surface area contributed by atoms with Crippen molar-refractivity contribution in [2.24, 2.45) is 0 Å². The number of anilines is 1. The number of pyridine rings is 1. The maximum absolute atomic E-state index is 14.0. The second kappa shape index (κ2) is 8.10. The summed E-state index contributed by atoms with van der Waals surface area (Å²) >= 11 is 1.37. The number of amides is 1. The van der Waals surface area contributed by atoms with E-state index in [2.05, 4.69) is 15.3 Å². The number of hydrogen-bond donors (Lipinski definition) is 1. The highest BCUT2D eigenvalue weighted by molar-refractivity contribution is 7.13. The molecule has 1 N–H and O–H groups in total. The Balaban J connectivity index is 1.58. The van der Waals surface area contributed by atoms with E-state index in [9.17, 15) is 9.18 Å². The molecule has 0 aliphatic heterocycles. The molecular formula is C22H16FN3OS. The Morgan fingerprint density at radius 1 is 1.00 bits per heavy atom. The van der Waals surface area contributed by atoms with Crippen LogP contribution in [0, 0.1) is 5.82 Å². The molecule has 4 rings (SSSR count). The second-order valence-corrected chi connectivity index (χ2v) is 7.01. The van der Waals surface area contributed by atoms with Gasteiger partial charge < -0.3 is 5.32 Å². The van der Waals surface area contributed by atoms with Crippen molar-refractivity contribution in [1.29, 1.82) is 0 Å². The van der Waals surface area contributed by atoms with E-state index in [4.69, 9.17) is 0 Å². The van der Waals surface area contributed by atoms with Gasteiger partial charge in [0.05, 0.1) is 17.8 Å². The molecule has 28 heavy (non-hydrogen) atoms. The number of nitrogens with one attached hydrogen (secondary N) is 1. The first-order valence-electron chi connectivity index (χ1n) is 8.69. The maximum atomic E-state index is 14.0. The number of benzene rings is 2. The van der Waals surface area contributed by atoms with Gasteiger partial charge in [-0.3, -0.25) is 9.78 Å². The van der Waals surface area contributed by atoms with E-state index in [1.807, 2.05) is 35.7 Å². The molecule has 2 aromatic heterocycles. The van der Waals surface area contributed by atoms with Gasteiger partial charge in [-0.1, -0.05) is 36.4 Å². The minimum Gasteiger partial charge on any atom is -0.325 e. The summed E-state index contributed by atoms with van der Waals surface area (Å²) < 4.78 is 14.0. The van der Waals surface area contributed by atoms with Gasteiger partial charge in [-0.15, -0.1) is 11.3 Å². The molecule has 0 saturated carbocycles. The standard InChI is InChI=1S/C22H16FN3OS/c23-18-9-3-1-7-16(18)22-26-20(14-28-22)17-8-2-4-10-19(17)25-21(27)12-15-6-5-11-24-13-15/h1-11,13-14H,12H2,(H,25,27). The van der Waals surface area contributed by atoms with E-state index >= 15 is 0 Å². The number of carbonyl (C=O) groups is 1. The SMILES string of the molecule is O=C(Cc1cccnc1)Nc1ccccc1-c1csc(-c2ccccc2F)n1. The van der Waals surface area contributed by atoms with E-state index in [-0.39, 0.29) is 18.1 Å². The highest BCUT2D eigenvalue weighted by Gasteiger charge is 2.14. The number of hydrogen-bond acceptors (Lipinski definition) is 4. The molecule has 1 amide bonds. The lowest BCUT2D eigenvalue weighted by atomic mass is 10.1. The van der Waals surface area contributed by atoms with Gasteiger partial charge in [-0.2, -0.15) is 0 Å². The number of aromatic nitrogens is 2. The zero-order chi connectivity index (χ0) is 19.3. The predicted molar refractivity (Wildman–Crippen MR) is 110 cm³/mol. The third kappa shape index (κ3) is 3.97. The first kappa shape index (κ1) is 18.0. The summed E-state index contributed by atoms with van der Waals surface area (Å²) in [5.74, 6) is -0.438. The first-order chi connectivity index (χ1) is 13.7. The molecule has 0 radical (unpaired) electrons. The van der Waals surface area contributed by atoms with E-state index in [0.717, 1.165) is 11.1 Å². The molecular weight excluding hydrogens is 373 g/mol. The number of halogens is 1. The van der Waals surface area contributed by atoms with Crippen LogP contribution in [0.15, 0.2) is 78.4 Å². The average molecular weight is 389 g/mol. The van der Waals surface area contributed by atoms with Gasteiger partial charge in [-0.25, -0.2) is 9.37 Å². The van der Waals surface area contributed by atoms with Gasteiger partial charge in [0.2, 0.25) is 5.91 Å². The Morgan fingerprint density at radius 3 is 2.57 bits per heavy atom. The fourth-order valence-electron chi connectivity index (χ4n) is 2.85. The third-order valence-electron chi connectivity index (χ3n) is 4.17. The van der Waals surface area contributed by atoms with E-state index in [1.54, 1.807) is 36.7 Å². The summed E-state index contributed by atoms with van der Waals surface area (Å²) in [5, 5.41) is 5.41. The fourth-order valence-corrected chi connectivity index (χ4v) is 3.70. The fraction of sp³-hybridized carbons (Fsp3) is 0.0455. The molecule has 0 aliphatic carbocycles. The molecule has 4 aromatic rings. The lowest BCUT2D eigenvalue weighted by Crippen LogP contribution is -2.15. The minimum atomic E-state index is -0.304. The molecule has 2 heterocycles. The maximum Gasteiger partial charge on any atom is 0.228 e. The molecule has 138 valence electrons. The largest absolute Gasteiger partial charge is 0.325 e. The Kier molecular flexibility index (Phi) is 5.21. The number of rotatable bonds is 5. The van der Waals surface area contributed by atoms with Crippen molar-refractivity contribution in [2.75, 3.05) is 5.32 Å². The van der Waals surface area contributed by atoms with Crippen LogP contribution in [-0.2, 0) is 11.2 Å². The number of thiazole rings is 1. The molecule has 0 aliphatic rings. The molecule has 0 unspecified atom stereocenters. The van der Waals surface area contributed by atoms with Crippen LogP contribution < -0.4 is 5.32 Å². The molecule has 4 nitrogen and oxygen atoms in total. The number of carbonyl (C=O) groups excluding carboxylic acids is 1. The minimum absolute atomic E-state index is 0.134. The second-order valence-electron chi connectivity index (χ2n) is 6.15. The zero-order valence-electron chi connectivity index (χ0n) is 14.8. The van der Waals surface area contributed by atoms with Crippen LogP contribution in [0.5, 0.6) is 0 Å². The van der Waals surface area contributed by atoms with Gasteiger partial charge in [0.15, 0.2) is 0 Å². The molecule has 0 spiro atoms. The van der Waals surface area contributed by atoms with Crippen molar-refractivity contribution in [3.8, 4) is 21.8 Å². The van der Waals surface area contributed by atoms with Gasteiger partial charge in [0, 0.05) is 28.9 Å². The van der Waals surface area contributed by atoms with Crippen LogP contribution in [0.4, 0.5) is 10.1 Å². The van der Waals surface area contributed by atoms with Crippen molar-refractivity contribution < 1.29 is 9.18 Å². The van der Waals surface area contributed by atoms with Crippen LogP contribution in [0.25, 0.3) is 21.8 Å². The smallest absolute Gasteiger partial charge is 0.228 e. The first-order valence-corrected chi connectivity index (χ1v) is 9.57. The van der Waals surface area contributed by atoms with Crippen molar-refractivity contribution >= 4 is 22.9 Å². The molecule has 6 heteroatoms.